The van der Waals surface area contributed by atoms with Crippen molar-refractivity contribution in [2.24, 2.45) is 0 Å². The minimum Gasteiger partial charge on any atom is -0.525 e. The molecule has 0 amide bonds. The maximum Gasteiger partial charge on any atom is 5.00 e. The smallest absolute Gasteiger partial charge is 0.525 e. The molecule has 0 unspecified atom stereocenters. The van der Waals surface area contributed by atoms with Gasteiger partial charge < -0.3 is 88.1 Å². The largest absolute Gasteiger partial charge is 5.00 e. The first-order valence-corrected chi connectivity index (χ1v) is 3.86. The Hall–Kier alpha value is 0.673. The standard InChI is InChI=1S/5CClO.ClH.H3N.Ru/c5*2-1-3;;;/h;;;;;1H;1H3;/q5*-1;;;+5. The van der Waals surface area contributed by atoms with Crippen molar-refractivity contribution in [3.63, 3.8) is 0 Å². The van der Waals surface area contributed by atoms with Gasteiger partial charge in [-0.1, -0.05) is 0 Å². The normalized spacial score (nSPS) is 3.61. The molecule has 18 heavy (non-hydrogen) atoms. The summed E-state index contributed by atoms with van der Waals surface area (Å²) in [6.07, 6.45) is 0. The second-order valence-corrected chi connectivity index (χ2v) is 1.16. The van der Waals surface area contributed by atoms with Gasteiger partial charge in [0.2, 0.25) is 0 Å². The van der Waals surface area contributed by atoms with Crippen LogP contribution in [0.4, 0.5) is 0 Å². The molecule has 0 aliphatic heterocycles. The fraction of sp³-hybridized carbons (Fsp3) is 0. The molecule has 0 spiro atoms. The summed E-state index contributed by atoms with van der Waals surface area (Å²) in [4.78, 5) is 42.2. The van der Waals surface area contributed by atoms with Gasteiger partial charge in [-0.15, -0.1) is 12.4 Å². The van der Waals surface area contributed by atoms with Gasteiger partial charge in [-0.2, -0.15) is 28.7 Å². The van der Waals surface area contributed by atoms with Crippen LogP contribution < -0.4 is 6.15 Å². The maximum atomic E-state index is 8.45. The van der Waals surface area contributed by atoms with E-state index < -0.39 is 0 Å². The van der Waals surface area contributed by atoms with E-state index in [2.05, 4.69) is 58.0 Å². The molecule has 13 heteroatoms. The molecule has 0 aromatic carbocycles. The molecule has 0 aliphatic carbocycles. The third-order valence-corrected chi connectivity index (χ3v) is 0. The van der Waals surface area contributed by atoms with Gasteiger partial charge in [-0.05, 0) is 0 Å². The summed E-state index contributed by atoms with van der Waals surface area (Å²) in [6, 6.07) is 0. The molecule has 1 radical (unpaired) electrons. The fourth-order valence-electron chi connectivity index (χ4n) is 0. The third-order valence-electron chi connectivity index (χ3n) is 0. The monoisotopic (exact) mass is 470 g/mol. The van der Waals surface area contributed by atoms with Crippen LogP contribution >= 0.6 is 70.4 Å². The van der Waals surface area contributed by atoms with Crippen LogP contribution in [0.15, 0.2) is 0 Å². The van der Waals surface area contributed by atoms with Crippen molar-refractivity contribution in [2.75, 3.05) is 0 Å². The summed E-state index contributed by atoms with van der Waals surface area (Å²) in [5, 5.41) is 0. The van der Waals surface area contributed by atoms with Crippen LogP contribution in [0.5, 0.6) is 0 Å². The van der Waals surface area contributed by atoms with Crippen LogP contribution in [0.2, 0.25) is 0 Å². The Morgan fingerprint density at radius 2 is 0.500 bits per heavy atom. The van der Waals surface area contributed by atoms with E-state index in [0.717, 1.165) is 28.7 Å². The summed E-state index contributed by atoms with van der Waals surface area (Å²) in [5.74, 6) is 4.86. The molecule has 0 atom stereocenters. The van der Waals surface area contributed by atoms with Gasteiger partial charge in [-0.3, -0.25) is 0 Å². The Bertz CT molecular complexity index is 109. The van der Waals surface area contributed by atoms with Crippen LogP contribution in [0.3, 0.4) is 0 Å². The van der Waals surface area contributed by atoms with Gasteiger partial charge in [0.05, 0.1) is 0 Å². The number of halogens is 6. The predicted molar refractivity (Wildman–Crippen MR) is 70.0 cm³/mol. The predicted octanol–water partition coefficient (Wildman–Crippen LogP) is 2.04. The van der Waals surface area contributed by atoms with E-state index in [-0.39, 0.29) is 38.0 Å². The Labute approximate surface area is 148 Å². The maximum absolute atomic E-state index is 8.45. The summed E-state index contributed by atoms with van der Waals surface area (Å²) >= 11 is 21.0. The Kier molecular flexibility index (Phi) is 434. The Morgan fingerprint density at radius 1 is 0.500 bits per heavy atom. The van der Waals surface area contributed by atoms with E-state index in [4.69, 9.17) is 24.0 Å². The molecule has 0 fully saturated rings. The second-order valence-electron chi connectivity index (χ2n) is 0.386. The molecule has 0 aromatic rings. The summed E-state index contributed by atoms with van der Waals surface area (Å²) < 4.78 is 0. The van der Waals surface area contributed by atoms with E-state index in [0.29, 0.717) is 0 Å². The van der Waals surface area contributed by atoms with E-state index in [1.54, 1.807) is 0 Å². The second kappa shape index (κ2) is 153. The zero-order chi connectivity index (χ0) is 13.5. The fourth-order valence-corrected chi connectivity index (χ4v) is 0. The molecule has 109 valence electrons. The van der Waals surface area contributed by atoms with Gasteiger partial charge in [0.15, 0.2) is 0 Å². The van der Waals surface area contributed by atoms with Gasteiger partial charge in [0, 0.05) is 0 Å². The molecule has 0 aromatic heterocycles. The Balaban J connectivity index is -0.0000000111. The van der Waals surface area contributed by atoms with Crippen LogP contribution in [-0.2, 0) is 43.5 Å². The first-order valence-electron chi connectivity index (χ1n) is 1.97. The van der Waals surface area contributed by atoms with Gasteiger partial charge in [0.25, 0.3) is 0 Å². The molecule has 0 heterocycles. The van der Waals surface area contributed by atoms with E-state index in [1.165, 1.54) is 0 Å². The van der Waals surface area contributed by atoms with Crippen LogP contribution in [0.25, 0.3) is 0 Å². The number of hydrogen-bond acceptors (Lipinski definition) is 6. The molecule has 0 rings (SSSR count). The molecule has 0 saturated carbocycles. The van der Waals surface area contributed by atoms with Crippen molar-refractivity contribution in [2.45, 2.75) is 0 Å². The number of rotatable bonds is 0. The third kappa shape index (κ3) is 9030. The molecule has 0 aliphatic rings. The first kappa shape index (κ1) is 51.2. The first-order chi connectivity index (χ1) is 7.07. The zero-order valence-corrected chi connectivity index (χ0v) is 14.2. The molecule has 3 N–H and O–H groups in total. The SMILES string of the molecule is Cl.N.O=[C-]Cl.O=[C-]Cl.O=[C-]Cl.O=[C-]Cl.O=[C-]Cl.[Ru+5]. The Morgan fingerprint density at radius 3 is 0.500 bits per heavy atom. The summed E-state index contributed by atoms with van der Waals surface area (Å²) in [7, 11) is 0. The van der Waals surface area contributed by atoms with Crippen molar-refractivity contribution in [3.8, 4) is 0 Å². The quantitative estimate of drug-likeness (QED) is 0.328. The molecular formula is C5H4Cl6NO5Ru. The van der Waals surface area contributed by atoms with Gasteiger partial charge >= 0.3 is 19.5 Å². The van der Waals surface area contributed by atoms with Crippen LogP contribution in [0.1, 0.15) is 0 Å². The van der Waals surface area contributed by atoms with Crippen molar-refractivity contribution in [1.82, 2.24) is 6.15 Å². The molecule has 6 nitrogen and oxygen atoms in total. The van der Waals surface area contributed by atoms with Gasteiger partial charge in [0.1, 0.15) is 0 Å². The van der Waals surface area contributed by atoms with E-state index in [1.807, 2.05) is 0 Å². The molecular weight excluding hydrogens is 468 g/mol. The summed E-state index contributed by atoms with van der Waals surface area (Å²) in [6.45, 7) is 0. The average Bonchev–Trinajstić information content (AvgIpc) is 2.09. The number of carbonyl (C=O) groups excluding carboxylic acids is 5. The van der Waals surface area contributed by atoms with Crippen molar-refractivity contribution in [3.05, 3.63) is 0 Å². The average molecular weight is 472 g/mol. The van der Waals surface area contributed by atoms with E-state index in [9.17, 15) is 0 Å². The number of hydrogen-bond donors (Lipinski definition) is 1. The van der Waals surface area contributed by atoms with Crippen molar-refractivity contribution < 1.29 is 43.5 Å². The minimum atomic E-state index is 0. The molecule has 0 bridgehead atoms. The topological polar surface area (TPSA) is 120 Å². The van der Waals surface area contributed by atoms with E-state index >= 15 is 0 Å². The van der Waals surface area contributed by atoms with Gasteiger partial charge in [-0.25, -0.2) is 0 Å². The van der Waals surface area contributed by atoms with Crippen molar-refractivity contribution >= 4 is 99.1 Å². The zero-order valence-electron chi connectivity index (χ0n) is 7.90. The molecule has 0 saturated heterocycles. The van der Waals surface area contributed by atoms with Crippen molar-refractivity contribution in [1.29, 1.82) is 0 Å². The van der Waals surface area contributed by atoms with Crippen LogP contribution in [0, 0.1) is 0 Å². The minimum absolute atomic E-state index is 0. The summed E-state index contributed by atoms with van der Waals surface area (Å²) in [5.41, 5.74) is 0. The van der Waals surface area contributed by atoms with Crippen LogP contribution in [-0.4, -0.2) is 28.7 Å².